The van der Waals surface area contributed by atoms with Crippen LogP contribution in [-0.4, -0.2) is 35.3 Å². The first-order valence-electron chi connectivity index (χ1n) is 10.8. The standard InChI is InChI=1S/C25H25N7O2S/c1-18(20-8-10-22(11-9-20)35(2,33)34)31-32-24-16-23(27-17-19-12-14-26-15-13-19)29-25(30-24)28-21-6-4-3-5-7-21/h3-16H,17H2,1-2H3,(H3,27,28,29,30,32). The van der Waals surface area contributed by atoms with E-state index >= 15 is 0 Å². The van der Waals surface area contributed by atoms with Crippen LogP contribution >= 0.6 is 0 Å². The predicted molar refractivity (Wildman–Crippen MR) is 139 cm³/mol. The minimum atomic E-state index is -3.25. The van der Waals surface area contributed by atoms with Crippen LogP contribution in [0.25, 0.3) is 0 Å². The Labute approximate surface area is 204 Å². The number of aromatic nitrogens is 3. The minimum Gasteiger partial charge on any atom is -0.366 e. The molecule has 0 aliphatic rings. The van der Waals surface area contributed by atoms with Gasteiger partial charge in [0.1, 0.15) is 5.82 Å². The van der Waals surface area contributed by atoms with E-state index in [-0.39, 0.29) is 4.90 Å². The number of anilines is 4. The van der Waals surface area contributed by atoms with Gasteiger partial charge in [0.2, 0.25) is 5.95 Å². The number of benzene rings is 2. The molecular formula is C25H25N7O2S. The highest BCUT2D eigenvalue weighted by Crippen LogP contribution is 2.19. The summed E-state index contributed by atoms with van der Waals surface area (Å²) < 4.78 is 23.4. The summed E-state index contributed by atoms with van der Waals surface area (Å²) in [6, 6.07) is 21.8. The molecule has 2 aromatic carbocycles. The van der Waals surface area contributed by atoms with Crippen molar-refractivity contribution in [2.75, 3.05) is 22.3 Å². The van der Waals surface area contributed by atoms with E-state index in [4.69, 9.17) is 0 Å². The Balaban J connectivity index is 1.55. The molecule has 0 aliphatic carbocycles. The van der Waals surface area contributed by atoms with Crippen LogP contribution in [0.1, 0.15) is 18.1 Å². The molecule has 35 heavy (non-hydrogen) atoms. The largest absolute Gasteiger partial charge is 0.366 e. The molecule has 0 unspecified atom stereocenters. The van der Waals surface area contributed by atoms with E-state index in [0.29, 0.717) is 29.8 Å². The van der Waals surface area contributed by atoms with Gasteiger partial charge in [0.25, 0.3) is 0 Å². The lowest BCUT2D eigenvalue weighted by atomic mass is 10.1. The van der Waals surface area contributed by atoms with Crippen LogP contribution in [0, 0.1) is 0 Å². The molecule has 2 aromatic heterocycles. The van der Waals surface area contributed by atoms with Gasteiger partial charge in [0.15, 0.2) is 15.7 Å². The SMILES string of the molecule is CC(=NNc1cc(NCc2ccncc2)nc(Nc2ccccc2)n1)c1ccc(S(C)(=O)=O)cc1. The molecule has 9 nitrogen and oxygen atoms in total. The third-order valence-corrected chi connectivity index (χ3v) is 6.15. The van der Waals surface area contributed by atoms with Crippen LogP contribution in [0.3, 0.4) is 0 Å². The van der Waals surface area contributed by atoms with Crippen LogP contribution < -0.4 is 16.1 Å². The Morgan fingerprint density at radius 1 is 0.914 bits per heavy atom. The number of nitrogens with zero attached hydrogens (tertiary/aromatic N) is 4. The van der Waals surface area contributed by atoms with Crippen LogP contribution in [0.5, 0.6) is 0 Å². The number of hydrogen-bond acceptors (Lipinski definition) is 9. The van der Waals surface area contributed by atoms with E-state index in [2.05, 4.69) is 36.1 Å². The quantitative estimate of drug-likeness (QED) is 0.234. The summed E-state index contributed by atoms with van der Waals surface area (Å²) in [5.74, 6) is 1.51. The highest BCUT2D eigenvalue weighted by Gasteiger charge is 2.08. The molecule has 0 amide bonds. The van der Waals surface area contributed by atoms with Crippen molar-refractivity contribution in [3.8, 4) is 0 Å². The fourth-order valence-corrected chi connectivity index (χ4v) is 3.77. The summed E-state index contributed by atoms with van der Waals surface area (Å²) in [4.78, 5) is 13.4. The van der Waals surface area contributed by atoms with Crippen molar-refractivity contribution in [3.63, 3.8) is 0 Å². The van der Waals surface area contributed by atoms with Gasteiger partial charge in [-0.3, -0.25) is 10.4 Å². The van der Waals surface area contributed by atoms with Crippen molar-refractivity contribution in [1.29, 1.82) is 0 Å². The number of hydrazone groups is 1. The lowest BCUT2D eigenvalue weighted by molar-refractivity contribution is 0.602. The second kappa shape index (κ2) is 10.7. The number of hydrogen-bond donors (Lipinski definition) is 3. The van der Waals surface area contributed by atoms with E-state index in [1.807, 2.05) is 49.4 Å². The van der Waals surface area contributed by atoms with Crippen LogP contribution in [-0.2, 0) is 16.4 Å². The molecule has 10 heteroatoms. The maximum absolute atomic E-state index is 11.7. The minimum absolute atomic E-state index is 0.263. The Morgan fingerprint density at radius 2 is 1.60 bits per heavy atom. The fraction of sp³-hybridized carbons (Fsp3) is 0.120. The highest BCUT2D eigenvalue weighted by atomic mass is 32.2. The summed E-state index contributed by atoms with van der Waals surface area (Å²) >= 11 is 0. The first-order chi connectivity index (χ1) is 16.9. The fourth-order valence-electron chi connectivity index (χ4n) is 3.14. The van der Waals surface area contributed by atoms with Gasteiger partial charge in [0, 0.05) is 36.9 Å². The van der Waals surface area contributed by atoms with E-state index in [9.17, 15) is 8.42 Å². The molecule has 0 saturated carbocycles. The zero-order chi connectivity index (χ0) is 24.7. The summed E-state index contributed by atoms with van der Waals surface area (Å²) in [6.07, 6.45) is 4.67. The van der Waals surface area contributed by atoms with Gasteiger partial charge < -0.3 is 10.6 Å². The Hall–Kier alpha value is -4.31. The molecule has 178 valence electrons. The molecule has 0 spiro atoms. The summed E-state index contributed by atoms with van der Waals surface area (Å²) in [5, 5.41) is 10.9. The number of nitrogens with one attached hydrogen (secondary N) is 3. The maximum atomic E-state index is 11.7. The molecule has 0 aliphatic heterocycles. The van der Waals surface area contributed by atoms with Gasteiger partial charge in [0.05, 0.1) is 10.6 Å². The molecule has 3 N–H and O–H groups in total. The first-order valence-corrected chi connectivity index (χ1v) is 12.7. The lowest BCUT2D eigenvalue weighted by Gasteiger charge is -2.11. The Kier molecular flexibility index (Phi) is 7.32. The predicted octanol–water partition coefficient (Wildman–Crippen LogP) is 4.47. The average molecular weight is 488 g/mol. The monoisotopic (exact) mass is 487 g/mol. The van der Waals surface area contributed by atoms with E-state index in [1.165, 1.54) is 6.26 Å². The topological polar surface area (TPSA) is 121 Å². The second-order valence-corrected chi connectivity index (χ2v) is 9.78. The second-order valence-electron chi connectivity index (χ2n) is 7.77. The first kappa shape index (κ1) is 23.8. The Morgan fingerprint density at radius 3 is 2.29 bits per heavy atom. The number of sulfone groups is 1. The van der Waals surface area contributed by atoms with Gasteiger partial charge >= 0.3 is 0 Å². The van der Waals surface area contributed by atoms with E-state index in [0.717, 1.165) is 16.8 Å². The summed E-state index contributed by atoms with van der Waals surface area (Å²) in [7, 11) is -3.25. The molecule has 0 bridgehead atoms. The molecule has 4 rings (SSSR count). The Bertz CT molecular complexity index is 1410. The average Bonchev–Trinajstić information content (AvgIpc) is 2.87. The third-order valence-electron chi connectivity index (χ3n) is 5.02. The van der Waals surface area contributed by atoms with Gasteiger partial charge in [-0.25, -0.2) is 8.42 Å². The van der Waals surface area contributed by atoms with Crippen molar-refractivity contribution < 1.29 is 8.42 Å². The van der Waals surface area contributed by atoms with Crippen LogP contribution in [0.4, 0.5) is 23.3 Å². The molecule has 4 aromatic rings. The molecule has 0 atom stereocenters. The third kappa shape index (κ3) is 6.84. The van der Waals surface area contributed by atoms with E-state index in [1.54, 1.807) is 42.7 Å². The summed E-state index contributed by atoms with van der Waals surface area (Å²) in [5.41, 5.74) is 6.37. The number of para-hydroxylation sites is 1. The zero-order valence-electron chi connectivity index (χ0n) is 19.3. The lowest BCUT2D eigenvalue weighted by Crippen LogP contribution is -2.07. The van der Waals surface area contributed by atoms with Crippen molar-refractivity contribution >= 4 is 38.8 Å². The zero-order valence-corrected chi connectivity index (χ0v) is 20.1. The van der Waals surface area contributed by atoms with Crippen molar-refractivity contribution in [2.24, 2.45) is 5.10 Å². The molecule has 0 fully saturated rings. The molecule has 0 saturated heterocycles. The van der Waals surface area contributed by atoms with Crippen molar-refractivity contribution in [1.82, 2.24) is 15.0 Å². The number of pyridine rings is 1. The van der Waals surface area contributed by atoms with E-state index < -0.39 is 9.84 Å². The van der Waals surface area contributed by atoms with Gasteiger partial charge in [-0.05, 0) is 54.4 Å². The smallest absolute Gasteiger partial charge is 0.231 e. The summed E-state index contributed by atoms with van der Waals surface area (Å²) in [6.45, 7) is 2.40. The van der Waals surface area contributed by atoms with Gasteiger partial charge in [-0.2, -0.15) is 15.1 Å². The van der Waals surface area contributed by atoms with Gasteiger partial charge in [-0.15, -0.1) is 0 Å². The van der Waals surface area contributed by atoms with Crippen molar-refractivity contribution in [2.45, 2.75) is 18.4 Å². The number of rotatable bonds is 9. The maximum Gasteiger partial charge on any atom is 0.231 e. The normalized spacial score (nSPS) is 11.7. The van der Waals surface area contributed by atoms with Gasteiger partial charge in [-0.1, -0.05) is 30.3 Å². The van der Waals surface area contributed by atoms with Crippen LogP contribution in [0.15, 0.2) is 95.2 Å². The molecule has 0 radical (unpaired) electrons. The molecule has 2 heterocycles. The van der Waals surface area contributed by atoms with Crippen molar-refractivity contribution in [3.05, 3.63) is 96.3 Å². The highest BCUT2D eigenvalue weighted by molar-refractivity contribution is 7.90. The van der Waals surface area contributed by atoms with Crippen LogP contribution in [0.2, 0.25) is 0 Å². The molecular weight excluding hydrogens is 462 g/mol.